The summed E-state index contributed by atoms with van der Waals surface area (Å²) < 4.78 is 5.20. The van der Waals surface area contributed by atoms with E-state index in [0.717, 1.165) is 30.2 Å². The Morgan fingerprint density at radius 3 is 3.29 bits per heavy atom. The average Bonchev–Trinajstić information content (AvgIpc) is 2.83. The smallest absolute Gasteiger partial charge is 0.221 e. The molecule has 94 valence electrons. The summed E-state index contributed by atoms with van der Waals surface area (Å²) in [5.74, 6) is 3.22. The highest BCUT2D eigenvalue weighted by Crippen LogP contribution is 2.09. The molecule has 5 heteroatoms. The maximum Gasteiger partial charge on any atom is 0.221 e. The minimum absolute atomic E-state index is 0.122. The predicted octanol–water partition coefficient (Wildman–Crippen LogP) is 1.03. The van der Waals surface area contributed by atoms with Gasteiger partial charge in [-0.2, -0.15) is 11.8 Å². The van der Waals surface area contributed by atoms with Gasteiger partial charge in [-0.25, -0.2) is 0 Å². The molecule has 0 saturated carbocycles. The van der Waals surface area contributed by atoms with E-state index < -0.39 is 0 Å². The maximum atomic E-state index is 11.6. The second-order valence-electron chi connectivity index (χ2n) is 4.11. The Morgan fingerprint density at radius 2 is 2.59 bits per heavy atom. The van der Waals surface area contributed by atoms with Crippen molar-refractivity contribution >= 4 is 17.7 Å². The lowest BCUT2D eigenvalue weighted by atomic mass is 10.2. The molecule has 1 aliphatic rings. The fourth-order valence-corrected chi connectivity index (χ4v) is 2.78. The van der Waals surface area contributed by atoms with E-state index in [1.54, 1.807) is 6.26 Å². The van der Waals surface area contributed by atoms with Crippen LogP contribution in [0.4, 0.5) is 0 Å². The number of carbonyl (C=O) groups is 1. The van der Waals surface area contributed by atoms with Crippen LogP contribution in [0.3, 0.4) is 0 Å². The average molecular weight is 254 g/mol. The Kier molecular flexibility index (Phi) is 4.94. The summed E-state index contributed by atoms with van der Waals surface area (Å²) in [6.45, 7) is 1.65. The molecule has 0 aliphatic carbocycles. The third-order valence-corrected chi connectivity index (χ3v) is 3.83. The molecule has 1 unspecified atom stereocenters. The summed E-state index contributed by atoms with van der Waals surface area (Å²) in [6.07, 6.45) is 2.98. The molecule has 2 N–H and O–H groups in total. The van der Waals surface area contributed by atoms with Gasteiger partial charge < -0.3 is 15.1 Å². The molecule has 0 aromatic carbocycles. The van der Waals surface area contributed by atoms with Gasteiger partial charge in [0.15, 0.2) is 0 Å². The van der Waals surface area contributed by atoms with Gasteiger partial charge in [0.05, 0.1) is 6.26 Å². The Hall–Kier alpha value is -0.940. The summed E-state index contributed by atoms with van der Waals surface area (Å²) >= 11 is 1.91. The molecule has 2 heterocycles. The summed E-state index contributed by atoms with van der Waals surface area (Å²) in [5, 5.41) is 6.27. The molecule has 0 radical (unpaired) electrons. The summed E-state index contributed by atoms with van der Waals surface area (Å²) in [6, 6.07) is 4.11. The lowest BCUT2D eigenvalue weighted by Gasteiger charge is -2.22. The molecule has 1 amide bonds. The summed E-state index contributed by atoms with van der Waals surface area (Å²) in [4.78, 5) is 11.6. The zero-order valence-electron chi connectivity index (χ0n) is 9.78. The van der Waals surface area contributed by atoms with Crippen molar-refractivity contribution in [2.45, 2.75) is 18.9 Å². The van der Waals surface area contributed by atoms with E-state index in [9.17, 15) is 4.79 Å². The standard InChI is InChI=1S/C12H18N2O2S/c15-12(8-10-9-17-7-5-13-10)14-4-3-11-2-1-6-16-11/h1-2,6,10,13H,3-5,7-9H2,(H,14,15). The molecule has 1 aromatic rings. The second-order valence-corrected chi connectivity index (χ2v) is 5.26. The largest absolute Gasteiger partial charge is 0.469 e. The van der Waals surface area contributed by atoms with E-state index in [1.165, 1.54) is 0 Å². The van der Waals surface area contributed by atoms with E-state index in [2.05, 4.69) is 10.6 Å². The zero-order chi connectivity index (χ0) is 11.9. The van der Waals surface area contributed by atoms with Gasteiger partial charge in [0.1, 0.15) is 5.76 Å². The van der Waals surface area contributed by atoms with Crippen molar-refractivity contribution in [3.05, 3.63) is 24.2 Å². The number of amides is 1. The van der Waals surface area contributed by atoms with E-state index >= 15 is 0 Å². The van der Waals surface area contributed by atoms with Crippen molar-refractivity contribution < 1.29 is 9.21 Å². The van der Waals surface area contributed by atoms with E-state index in [4.69, 9.17) is 4.42 Å². The quantitative estimate of drug-likeness (QED) is 0.824. The minimum Gasteiger partial charge on any atom is -0.469 e. The molecule has 1 saturated heterocycles. The SMILES string of the molecule is O=C(CC1CSCCN1)NCCc1ccco1. The van der Waals surface area contributed by atoms with Crippen LogP contribution in [0, 0.1) is 0 Å². The van der Waals surface area contributed by atoms with Crippen molar-refractivity contribution in [1.29, 1.82) is 0 Å². The van der Waals surface area contributed by atoms with Gasteiger partial charge in [0.25, 0.3) is 0 Å². The molecule has 1 fully saturated rings. The molecule has 0 spiro atoms. The van der Waals surface area contributed by atoms with Crippen LogP contribution in [0.2, 0.25) is 0 Å². The molecular formula is C12H18N2O2S. The number of thioether (sulfide) groups is 1. The summed E-state index contributed by atoms with van der Waals surface area (Å²) in [7, 11) is 0. The minimum atomic E-state index is 0.122. The highest BCUT2D eigenvalue weighted by atomic mass is 32.2. The lowest BCUT2D eigenvalue weighted by molar-refractivity contribution is -0.121. The molecule has 4 nitrogen and oxygen atoms in total. The first-order valence-electron chi connectivity index (χ1n) is 5.95. The van der Waals surface area contributed by atoms with Crippen LogP contribution in [0.1, 0.15) is 12.2 Å². The zero-order valence-corrected chi connectivity index (χ0v) is 10.6. The molecule has 2 rings (SSSR count). The van der Waals surface area contributed by atoms with Gasteiger partial charge in [0.2, 0.25) is 5.91 Å². The highest BCUT2D eigenvalue weighted by molar-refractivity contribution is 7.99. The van der Waals surface area contributed by atoms with Gasteiger partial charge >= 0.3 is 0 Å². The highest BCUT2D eigenvalue weighted by Gasteiger charge is 2.16. The first-order chi connectivity index (χ1) is 8.34. The third-order valence-electron chi connectivity index (χ3n) is 2.70. The fraction of sp³-hybridized carbons (Fsp3) is 0.583. The predicted molar refractivity (Wildman–Crippen MR) is 69.2 cm³/mol. The summed E-state index contributed by atoms with van der Waals surface area (Å²) in [5.41, 5.74) is 0. The number of carbonyl (C=O) groups excluding carboxylic acids is 1. The topological polar surface area (TPSA) is 54.3 Å². The van der Waals surface area contributed by atoms with Crippen LogP contribution >= 0.6 is 11.8 Å². The number of hydrogen-bond donors (Lipinski definition) is 2. The molecule has 17 heavy (non-hydrogen) atoms. The van der Waals surface area contributed by atoms with Gasteiger partial charge in [-0.3, -0.25) is 4.79 Å². The van der Waals surface area contributed by atoms with Crippen molar-refractivity contribution in [2.75, 3.05) is 24.6 Å². The fourth-order valence-electron chi connectivity index (χ4n) is 1.83. The monoisotopic (exact) mass is 254 g/mol. The van der Waals surface area contributed by atoms with Crippen LogP contribution in [0.15, 0.2) is 22.8 Å². The Labute approximate surface area is 106 Å². The normalized spacial score (nSPS) is 20.1. The number of hydrogen-bond acceptors (Lipinski definition) is 4. The molecular weight excluding hydrogens is 236 g/mol. The second kappa shape index (κ2) is 6.71. The molecule has 1 atom stereocenters. The van der Waals surface area contributed by atoms with E-state index in [0.29, 0.717) is 19.0 Å². The Balaban J connectivity index is 1.60. The number of furan rings is 1. The van der Waals surface area contributed by atoms with Crippen molar-refractivity contribution in [3.8, 4) is 0 Å². The van der Waals surface area contributed by atoms with Crippen LogP contribution < -0.4 is 10.6 Å². The number of rotatable bonds is 5. The van der Waals surface area contributed by atoms with Crippen molar-refractivity contribution in [3.63, 3.8) is 0 Å². The lowest BCUT2D eigenvalue weighted by Crippen LogP contribution is -2.41. The van der Waals surface area contributed by atoms with E-state index in [1.807, 2.05) is 23.9 Å². The first-order valence-corrected chi connectivity index (χ1v) is 7.10. The maximum absolute atomic E-state index is 11.6. The van der Waals surface area contributed by atoms with Gasteiger partial charge in [-0.1, -0.05) is 0 Å². The van der Waals surface area contributed by atoms with Crippen LogP contribution in [0.25, 0.3) is 0 Å². The Bertz CT molecular complexity index is 334. The third kappa shape index (κ3) is 4.44. The number of nitrogens with one attached hydrogen (secondary N) is 2. The van der Waals surface area contributed by atoms with E-state index in [-0.39, 0.29) is 5.91 Å². The first kappa shape index (κ1) is 12.5. The van der Waals surface area contributed by atoms with Crippen LogP contribution in [0.5, 0.6) is 0 Å². The van der Waals surface area contributed by atoms with Gasteiger partial charge in [0, 0.05) is 43.5 Å². The molecule has 0 bridgehead atoms. The van der Waals surface area contributed by atoms with Crippen molar-refractivity contribution in [2.24, 2.45) is 0 Å². The van der Waals surface area contributed by atoms with Crippen LogP contribution in [-0.2, 0) is 11.2 Å². The van der Waals surface area contributed by atoms with Crippen molar-refractivity contribution in [1.82, 2.24) is 10.6 Å². The van der Waals surface area contributed by atoms with Crippen LogP contribution in [-0.4, -0.2) is 36.5 Å². The van der Waals surface area contributed by atoms with Gasteiger partial charge in [-0.15, -0.1) is 0 Å². The Morgan fingerprint density at radius 1 is 1.65 bits per heavy atom. The molecule has 1 aromatic heterocycles. The molecule has 1 aliphatic heterocycles. The van der Waals surface area contributed by atoms with Gasteiger partial charge in [-0.05, 0) is 12.1 Å².